The molecule has 2 amide bonds. The lowest BCUT2D eigenvalue weighted by molar-refractivity contribution is -0.116. The zero-order valence-corrected chi connectivity index (χ0v) is 17.7. The number of pyridine rings is 1. The summed E-state index contributed by atoms with van der Waals surface area (Å²) in [6, 6.07) is 12.3. The number of benzene rings is 1. The van der Waals surface area contributed by atoms with Crippen LogP contribution >= 0.6 is 0 Å². The molecular formula is C23H26N4O4. The van der Waals surface area contributed by atoms with Crippen molar-refractivity contribution in [2.75, 3.05) is 19.0 Å². The Morgan fingerprint density at radius 2 is 1.81 bits per heavy atom. The first-order chi connectivity index (χ1) is 15.0. The summed E-state index contributed by atoms with van der Waals surface area (Å²) in [4.78, 5) is 40.9. The number of hydrogen-bond acceptors (Lipinski definition) is 5. The molecule has 0 fully saturated rings. The first-order valence-corrected chi connectivity index (χ1v) is 10.2. The Morgan fingerprint density at radius 3 is 2.61 bits per heavy atom. The fourth-order valence-electron chi connectivity index (χ4n) is 3.35. The average Bonchev–Trinajstić information content (AvgIpc) is 3.11. The molecule has 0 bridgehead atoms. The molecule has 1 aromatic carbocycles. The van der Waals surface area contributed by atoms with Crippen molar-refractivity contribution >= 4 is 29.1 Å². The first kappa shape index (κ1) is 22.0. The van der Waals surface area contributed by atoms with Crippen LogP contribution in [-0.4, -0.2) is 40.8 Å². The molecule has 8 nitrogen and oxygen atoms in total. The number of nitrogens with one attached hydrogen (secondary N) is 2. The van der Waals surface area contributed by atoms with E-state index in [1.54, 1.807) is 28.7 Å². The lowest BCUT2D eigenvalue weighted by Gasteiger charge is -2.09. The minimum Gasteiger partial charge on any atom is -0.465 e. The number of imidazole rings is 1. The molecule has 3 aromatic rings. The topological polar surface area (TPSA) is 102 Å². The number of fused-ring (bicyclic) bond motifs is 1. The van der Waals surface area contributed by atoms with Gasteiger partial charge in [-0.15, -0.1) is 0 Å². The largest absolute Gasteiger partial charge is 0.465 e. The van der Waals surface area contributed by atoms with Gasteiger partial charge in [0.05, 0.1) is 24.1 Å². The first-order valence-electron chi connectivity index (χ1n) is 10.2. The summed E-state index contributed by atoms with van der Waals surface area (Å²) in [6.45, 7) is 2.34. The molecule has 0 spiro atoms. The van der Waals surface area contributed by atoms with Gasteiger partial charge in [-0.3, -0.25) is 14.0 Å². The normalized spacial score (nSPS) is 10.6. The number of amides is 2. The number of anilines is 1. The van der Waals surface area contributed by atoms with Crippen LogP contribution in [0.2, 0.25) is 0 Å². The van der Waals surface area contributed by atoms with Gasteiger partial charge in [0, 0.05) is 19.2 Å². The molecule has 2 heterocycles. The molecule has 8 heteroatoms. The van der Waals surface area contributed by atoms with E-state index in [2.05, 4.69) is 15.6 Å². The summed E-state index contributed by atoms with van der Waals surface area (Å²) < 4.78 is 6.51. The second-order valence-corrected chi connectivity index (χ2v) is 7.13. The standard InChI is InChI=1S/C23H26N4O4/c1-16-21(27-15-9-7-12-19(27)25-16)22(29)24-14-8-3-4-13-20(28)26-18-11-6-5-10-17(18)23(30)31-2/h5-7,9-12,15H,3-4,8,13-14H2,1-2H3,(H,24,29)(H,26,28). The van der Waals surface area contributed by atoms with Gasteiger partial charge in [-0.25, -0.2) is 9.78 Å². The highest BCUT2D eigenvalue weighted by Crippen LogP contribution is 2.17. The summed E-state index contributed by atoms with van der Waals surface area (Å²) in [5, 5.41) is 5.68. The summed E-state index contributed by atoms with van der Waals surface area (Å²) in [5.41, 5.74) is 2.73. The summed E-state index contributed by atoms with van der Waals surface area (Å²) in [5.74, 6) is -0.817. The van der Waals surface area contributed by atoms with E-state index in [0.717, 1.165) is 18.5 Å². The molecule has 0 aliphatic carbocycles. The van der Waals surface area contributed by atoms with Gasteiger partial charge in [-0.1, -0.05) is 24.6 Å². The number of ether oxygens (including phenoxy) is 1. The SMILES string of the molecule is COC(=O)c1ccccc1NC(=O)CCCCCNC(=O)c1c(C)nc2ccccn12. The van der Waals surface area contributed by atoms with E-state index in [1.807, 2.05) is 31.3 Å². The summed E-state index contributed by atoms with van der Waals surface area (Å²) >= 11 is 0. The Labute approximate surface area is 180 Å². The molecule has 0 radical (unpaired) electrons. The fourth-order valence-corrected chi connectivity index (χ4v) is 3.35. The minimum atomic E-state index is -0.493. The second-order valence-electron chi connectivity index (χ2n) is 7.13. The lowest BCUT2D eigenvalue weighted by Crippen LogP contribution is -2.26. The number of carbonyl (C=O) groups excluding carboxylic acids is 3. The number of methoxy groups -OCH3 is 1. The molecule has 3 rings (SSSR count). The number of aryl methyl sites for hydroxylation is 1. The molecule has 0 unspecified atom stereocenters. The molecule has 162 valence electrons. The van der Waals surface area contributed by atoms with Crippen molar-refractivity contribution in [3.63, 3.8) is 0 Å². The second kappa shape index (κ2) is 10.4. The van der Waals surface area contributed by atoms with E-state index < -0.39 is 5.97 Å². The molecule has 2 N–H and O–H groups in total. The van der Waals surface area contributed by atoms with Crippen LogP contribution in [0, 0.1) is 6.92 Å². The maximum absolute atomic E-state index is 12.5. The predicted molar refractivity (Wildman–Crippen MR) is 117 cm³/mol. The molecule has 0 aliphatic rings. The molecule has 2 aromatic heterocycles. The molecule has 0 aliphatic heterocycles. The molecule has 0 saturated carbocycles. The van der Waals surface area contributed by atoms with Crippen molar-refractivity contribution < 1.29 is 19.1 Å². The Hall–Kier alpha value is -3.68. The fraction of sp³-hybridized carbons (Fsp3) is 0.304. The Bertz CT molecular complexity index is 1090. The Morgan fingerprint density at radius 1 is 1.03 bits per heavy atom. The van der Waals surface area contributed by atoms with Crippen molar-refractivity contribution in [3.8, 4) is 0 Å². The number of para-hydroxylation sites is 1. The zero-order chi connectivity index (χ0) is 22.2. The van der Waals surface area contributed by atoms with Crippen LogP contribution in [0.4, 0.5) is 5.69 Å². The van der Waals surface area contributed by atoms with Gasteiger partial charge in [0.2, 0.25) is 5.91 Å². The minimum absolute atomic E-state index is 0.159. The third-order valence-corrected chi connectivity index (χ3v) is 4.89. The summed E-state index contributed by atoms with van der Waals surface area (Å²) in [7, 11) is 1.30. The molecule has 0 atom stereocenters. The maximum atomic E-state index is 12.5. The van der Waals surface area contributed by atoms with Gasteiger partial charge in [0.25, 0.3) is 5.91 Å². The van der Waals surface area contributed by atoms with E-state index in [9.17, 15) is 14.4 Å². The number of unbranched alkanes of at least 4 members (excludes halogenated alkanes) is 2. The van der Waals surface area contributed by atoms with Crippen molar-refractivity contribution in [2.24, 2.45) is 0 Å². The van der Waals surface area contributed by atoms with E-state index >= 15 is 0 Å². The predicted octanol–water partition coefficient (Wildman–Crippen LogP) is 3.36. The van der Waals surface area contributed by atoms with Gasteiger partial charge >= 0.3 is 5.97 Å². The highest BCUT2D eigenvalue weighted by molar-refractivity contribution is 6.01. The highest BCUT2D eigenvalue weighted by atomic mass is 16.5. The van der Waals surface area contributed by atoms with Crippen LogP contribution in [0.3, 0.4) is 0 Å². The molecule has 31 heavy (non-hydrogen) atoms. The maximum Gasteiger partial charge on any atom is 0.339 e. The highest BCUT2D eigenvalue weighted by Gasteiger charge is 2.16. The monoisotopic (exact) mass is 422 g/mol. The van der Waals surface area contributed by atoms with Crippen molar-refractivity contribution in [1.82, 2.24) is 14.7 Å². The number of nitrogens with zero attached hydrogens (tertiary/aromatic N) is 2. The van der Waals surface area contributed by atoms with Crippen LogP contribution in [0.25, 0.3) is 5.65 Å². The van der Waals surface area contributed by atoms with E-state index in [0.29, 0.717) is 42.0 Å². The van der Waals surface area contributed by atoms with Gasteiger partial charge in [-0.05, 0) is 44.0 Å². The Kier molecular flexibility index (Phi) is 7.37. The molecular weight excluding hydrogens is 396 g/mol. The third kappa shape index (κ3) is 5.48. The smallest absolute Gasteiger partial charge is 0.339 e. The van der Waals surface area contributed by atoms with Crippen molar-refractivity contribution in [1.29, 1.82) is 0 Å². The summed E-state index contributed by atoms with van der Waals surface area (Å²) in [6.07, 6.45) is 4.37. The van der Waals surface area contributed by atoms with Gasteiger partial charge in [-0.2, -0.15) is 0 Å². The number of aromatic nitrogens is 2. The van der Waals surface area contributed by atoms with Crippen LogP contribution < -0.4 is 10.6 Å². The van der Waals surface area contributed by atoms with Crippen LogP contribution in [0.5, 0.6) is 0 Å². The number of carbonyl (C=O) groups is 3. The van der Waals surface area contributed by atoms with Gasteiger partial charge in [0.15, 0.2) is 0 Å². The number of rotatable bonds is 9. The van der Waals surface area contributed by atoms with Crippen LogP contribution in [-0.2, 0) is 9.53 Å². The van der Waals surface area contributed by atoms with E-state index in [4.69, 9.17) is 4.74 Å². The van der Waals surface area contributed by atoms with E-state index in [1.165, 1.54) is 7.11 Å². The quantitative estimate of drug-likeness (QED) is 0.407. The number of hydrogen-bond donors (Lipinski definition) is 2. The number of esters is 1. The zero-order valence-electron chi connectivity index (χ0n) is 17.7. The van der Waals surface area contributed by atoms with Crippen molar-refractivity contribution in [2.45, 2.75) is 32.6 Å². The molecule has 0 saturated heterocycles. The van der Waals surface area contributed by atoms with Crippen molar-refractivity contribution in [3.05, 3.63) is 65.6 Å². The van der Waals surface area contributed by atoms with Gasteiger partial charge in [0.1, 0.15) is 11.3 Å². The third-order valence-electron chi connectivity index (χ3n) is 4.89. The van der Waals surface area contributed by atoms with Crippen LogP contribution in [0.15, 0.2) is 48.7 Å². The van der Waals surface area contributed by atoms with Crippen LogP contribution in [0.1, 0.15) is 52.2 Å². The Balaban J connectivity index is 1.40. The van der Waals surface area contributed by atoms with E-state index in [-0.39, 0.29) is 11.8 Å². The average molecular weight is 422 g/mol. The lowest BCUT2D eigenvalue weighted by atomic mass is 10.1. The van der Waals surface area contributed by atoms with Gasteiger partial charge < -0.3 is 15.4 Å².